The van der Waals surface area contributed by atoms with E-state index in [1.165, 1.54) is 0 Å². The molecule has 0 radical (unpaired) electrons. The van der Waals surface area contributed by atoms with Crippen molar-refractivity contribution in [1.82, 2.24) is 9.21 Å². The van der Waals surface area contributed by atoms with Crippen LogP contribution in [-0.2, 0) is 10.0 Å². The summed E-state index contributed by atoms with van der Waals surface area (Å²) in [5.74, 6) is -0.0557. The van der Waals surface area contributed by atoms with Gasteiger partial charge in [0, 0.05) is 31.7 Å². The summed E-state index contributed by atoms with van der Waals surface area (Å²) in [6.07, 6.45) is 6.03. The fourth-order valence-electron chi connectivity index (χ4n) is 3.53. The molecule has 0 atom stereocenters. The summed E-state index contributed by atoms with van der Waals surface area (Å²) in [5.41, 5.74) is 1.19. The van der Waals surface area contributed by atoms with E-state index in [9.17, 15) is 13.2 Å². The van der Waals surface area contributed by atoms with Crippen molar-refractivity contribution < 1.29 is 13.2 Å². The lowest BCUT2D eigenvalue weighted by atomic mass is 10.1. The fourth-order valence-corrected chi connectivity index (χ4v) is 5.30. The second-order valence-corrected chi connectivity index (χ2v) is 8.70. The van der Waals surface area contributed by atoms with Crippen LogP contribution in [0.15, 0.2) is 23.1 Å². The van der Waals surface area contributed by atoms with Gasteiger partial charge in [0.05, 0.1) is 4.90 Å². The lowest BCUT2D eigenvalue weighted by molar-refractivity contribution is 0.0792. The molecule has 0 aliphatic carbocycles. The minimum Gasteiger partial charge on any atom is -0.339 e. The maximum atomic E-state index is 13.1. The van der Waals surface area contributed by atoms with Gasteiger partial charge >= 0.3 is 0 Å². The molecule has 0 aromatic heterocycles. The smallest absolute Gasteiger partial charge is 0.253 e. The van der Waals surface area contributed by atoms with Crippen LogP contribution < -0.4 is 0 Å². The first-order valence-electron chi connectivity index (χ1n) is 8.90. The largest absolute Gasteiger partial charge is 0.339 e. The third kappa shape index (κ3) is 3.49. The number of benzene rings is 1. The molecule has 0 N–H and O–H groups in total. The average Bonchev–Trinajstić information content (AvgIpc) is 2.96. The van der Waals surface area contributed by atoms with Crippen molar-refractivity contribution in [2.75, 3.05) is 26.2 Å². The van der Waals surface area contributed by atoms with E-state index in [0.717, 1.165) is 51.6 Å². The molecule has 3 rings (SSSR count). The van der Waals surface area contributed by atoms with Crippen LogP contribution in [-0.4, -0.2) is 49.7 Å². The lowest BCUT2D eigenvalue weighted by Crippen LogP contribution is -2.33. The van der Waals surface area contributed by atoms with Gasteiger partial charge in [-0.2, -0.15) is 4.31 Å². The Hall–Kier alpha value is -1.40. The minimum atomic E-state index is -3.53. The highest BCUT2D eigenvalue weighted by Crippen LogP contribution is 2.25. The molecule has 1 amide bonds. The van der Waals surface area contributed by atoms with E-state index in [0.29, 0.717) is 24.2 Å². The van der Waals surface area contributed by atoms with Crippen molar-refractivity contribution in [3.63, 3.8) is 0 Å². The van der Waals surface area contributed by atoms with Gasteiger partial charge in [0.25, 0.3) is 5.91 Å². The minimum absolute atomic E-state index is 0.0557. The molecule has 0 bridgehead atoms. The highest BCUT2D eigenvalue weighted by molar-refractivity contribution is 7.89. The van der Waals surface area contributed by atoms with Crippen LogP contribution in [0.1, 0.15) is 54.4 Å². The quantitative estimate of drug-likeness (QED) is 0.842. The van der Waals surface area contributed by atoms with Crippen LogP contribution in [0.5, 0.6) is 0 Å². The fraction of sp³-hybridized carbons (Fsp3) is 0.611. The summed E-state index contributed by atoms with van der Waals surface area (Å²) in [6.45, 7) is 4.48. The summed E-state index contributed by atoms with van der Waals surface area (Å²) < 4.78 is 27.7. The number of nitrogens with zero attached hydrogens (tertiary/aromatic N) is 2. The first-order chi connectivity index (χ1) is 11.5. The predicted molar refractivity (Wildman–Crippen MR) is 93.5 cm³/mol. The van der Waals surface area contributed by atoms with Crippen LogP contribution in [0, 0.1) is 6.92 Å². The van der Waals surface area contributed by atoms with E-state index in [2.05, 4.69) is 0 Å². The van der Waals surface area contributed by atoms with Crippen molar-refractivity contribution in [1.29, 1.82) is 0 Å². The number of aryl methyl sites for hydroxylation is 1. The maximum Gasteiger partial charge on any atom is 0.253 e. The number of amides is 1. The Balaban J connectivity index is 1.91. The molecule has 2 saturated heterocycles. The van der Waals surface area contributed by atoms with Gasteiger partial charge < -0.3 is 4.90 Å². The Bertz CT molecular complexity index is 701. The van der Waals surface area contributed by atoms with Crippen molar-refractivity contribution in [3.8, 4) is 0 Å². The first-order valence-corrected chi connectivity index (χ1v) is 10.3. The van der Waals surface area contributed by atoms with Crippen LogP contribution >= 0.6 is 0 Å². The number of carbonyl (C=O) groups excluding carboxylic acids is 1. The summed E-state index contributed by atoms with van der Waals surface area (Å²) in [4.78, 5) is 14.7. The highest BCUT2D eigenvalue weighted by atomic mass is 32.2. The standard InChI is InChI=1S/C18H26N2O3S/c1-15-8-9-16(18(21)19-10-6-7-11-19)14-17(15)24(22,23)20-12-4-2-3-5-13-20/h8-9,14H,2-7,10-13H2,1H3. The lowest BCUT2D eigenvalue weighted by Gasteiger charge is -2.22. The van der Waals surface area contributed by atoms with E-state index in [1.54, 1.807) is 29.4 Å². The van der Waals surface area contributed by atoms with Crippen molar-refractivity contribution in [2.24, 2.45) is 0 Å². The summed E-state index contributed by atoms with van der Waals surface area (Å²) in [5, 5.41) is 0. The van der Waals surface area contributed by atoms with E-state index in [1.807, 2.05) is 4.90 Å². The summed E-state index contributed by atoms with van der Waals surface area (Å²) in [6, 6.07) is 5.08. The molecule has 1 aromatic carbocycles. The number of hydrogen-bond acceptors (Lipinski definition) is 3. The molecule has 0 spiro atoms. The SMILES string of the molecule is Cc1ccc(C(=O)N2CCCC2)cc1S(=O)(=O)N1CCCCCC1. The number of hydrogen-bond donors (Lipinski definition) is 0. The zero-order chi connectivity index (χ0) is 17.2. The molecule has 6 heteroatoms. The highest BCUT2D eigenvalue weighted by Gasteiger charge is 2.28. The third-order valence-electron chi connectivity index (χ3n) is 5.01. The summed E-state index contributed by atoms with van der Waals surface area (Å²) >= 11 is 0. The second-order valence-electron chi connectivity index (χ2n) is 6.80. The predicted octanol–water partition coefficient (Wildman–Crippen LogP) is 2.80. The van der Waals surface area contributed by atoms with Gasteiger partial charge in [0.15, 0.2) is 0 Å². The Labute approximate surface area is 144 Å². The molecule has 2 aliphatic rings. The monoisotopic (exact) mass is 350 g/mol. The van der Waals surface area contributed by atoms with Crippen LogP contribution in [0.3, 0.4) is 0 Å². The first kappa shape index (κ1) is 17.4. The van der Waals surface area contributed by atoms with E-state index in [4.69, 9.17) is 0 Å². The Morgan fingerprint density at radius 1 is 0.917 bits per heavy atom. The van der Waals surface area contributed by atoms with Crippen LogP contribution in [0.4, 0.5) is 0 Å². The van der Waals surface area contributed by atoms with Gasteiger partial charge in [0.2, 0.25) is 10.0 Å². The average molecular weight is 350 g/mol. The molecule has 0 unspecified atom stereocenters. The number of rotatable bonds is 3. The van der Waals surface area contributed by atoms with Crippen LogP contribution in [0.2, 0.25) is 0 Å². The third-order valence-corrected chi connectivity index (χ3v) is 7.05. The topological polar surface area (TPSA) is 57.7 Å². The van der Waals surface area contributed by atoms with Gasteiger partial charge in [-0.1, -0.05) is 18.9 Å². The number of carbonyl (C=O) groups is 1. The number of likely N-dealkylation sites (tertiary alicyclic amines) is 1. The maximum absolute atomic E-state index is 13.1. The molecular weight excluding hydrogens is 324 g/mol. The van der Waals surface area contributed by atoms with Gasteiger partial charge in [-0.15, -0.1) is 0 Å². The second kappa shape index (κ2) is 7.23. The Morgan fingerprint density at radius 3 is 2.12 bits per heavy atom. The molecule has 0 saturated carbocycles. The molecule has 2 heterocycles. The zero-order valence-corrected chi connectivity index (χ0v) is 15.1. The van der Waals surface area contributed by atoms with Crippen molar-refractivity contribution in [3.05, 3.63) is 29.3 Å². The van der Waals surface area contributed by atoms with Gasteiger partial charge in [0.1, 0.15) is 0 Å². The van der Waals surface area contributed by atoms with Crippen molar-refractivity contribution in [2.45, 2.75) is 50.3 Å². The van der Waals surface area contributed by atoms with Crippen molar-refractivity contribution >= 4 is 15.9 Å². The zero-order valence-electron chi connectivity index (χ0n) is 14.3. The molecular formula is C18H26N2O3S. The van der Waals surface area contributed by atoms with E-state index < -0.39 is 10.0 Å². The molecule has 5 nitrogen and oxygen atoms in total. The Kier molecular flexibility index (Phi) is 5.25. The number of sulfonamides is 1. The molecule has 24 heavy (non-hydrogen) atoms. The van der Waals surface area contributed by atoms with E-state index >= 15 is 0 Å². The Morgan fingerprint density at radius 2 is 1.50 bits per heavy atom. The summed E-state index contributed by atoms with van der Waals surface area (Å²) in [7, 11) is -3.53. The van der Waals surface area contributed by atoms with E-state index in [-0.39, 0.29) is 10.8 Å². The van der Waals surface area contributed by atoms with Gasteiger partial charge in [-0.05, 0) is 50.3 Å². The van der Waals surface area contributed by atoms with Gasteiger partial charge in [-0.3, -0.25) is 4.79 Å². The molecule has 132 valence electrons. The normalized spacial score (nSPS) is 20.1. The molecule has 2 fully saturated rings. The van der Waals surface area contributed by atoms with Gasteiger partial charge in [-0.25, -0.2) is 8.42 Å². The molecule has 1 aromatic rings. The van der Waals surface area contributed by atoms with Crippen LogP contribution in [0.25, 0.3) is 0 Å². The molecule has 2 aliphatic heterocycles.